The zero-order valence-corrected chi connectivity index (χ0v) is 14.5. The Morgan fingerprint density at radius 2 is 1.83 bits per heavy atom. The van der Waals surface area contributed by atoms with Gasteiger partial charge in [0.1, 0.15) is 11.4 Å². The predicted octanol–water partition coefficient (Wildman–Crippen LogP) is 3.48. The average molecular weight is 332 g/mol. The number of carboxylic acids is 1. The predicted molar refractivity (Wildman–Crippen MR) is 91.3 cm³/mol. The standard InChI is InChI=1S/C17H20N2O3S/c1-11-14(23-16(18-11)17(2,3)4)15(22)19(10-13(20)21)12-8-6-5-7-9-12/h5-9H,10H2,1-4H3,(H,20,21). The molecular weight excluding hydrogens is 312 g/mol. The number of hydrogen-bond donors (Lipinski definition) is 1. The first-order valence-electron chi connectivity index (χ1n) is 7.26. The van der Waals surface area contributed by atoms with E-state index in [1.807, 2.05) is 26.8 Å². The number of anilines is 1. The van der Waals surface area contributed by atoms with Crippen LogP contribution < -0.4 is 4.90 Å². The summed E-state index contributed by atoms with van der Waals surface area (Å²) in [6.07, 6.45) is 0. The van der Waals surface area contributed by atoms with Crippen molar-refractivity contribution in [1.29, 1.82) is 0 Å². The maximum absolute atomic E-state index is 12.9. The molecule has 0 aliphatic heterocycles. The van der Waals surface area contributed by atoms with E-state index in [-0.39, 0.29) is 17.9 Å². The fraction of sp³-hybridized carbons (Fsp3) is 0.353. The van der Waals surface area contributed by atoms with Crippen molar-refractivity contribution in [3.05, 3.63) is 45.9 Å². The van der Waals surface area contributed by atoms with Gasteiger partial charge in [0.15, 0.2) is 0 Å². The Bertz CT molecular complexity index is 717. The lowest BCUT2D eigenvalue weighted by Crippen LogP contribution is -2.35. The molecule has 0 saturated heterocycles. The number of aryl methyl sites for hydroxylation is 1. The molecular formula is C17H20N2O3S. The molecule has 23 heavy (non-hydrogen) atoms. The average Bonchev–Trinajstić information content (AvgIpc) is 2.87. The summed E-state index contributed by atoms with van der Waals surface area (Å²) < 4.78 is 0. The lowest BCUT2D eigenvalue weighted by atomic mass is 9.98. The molecule has 1 N–H and O–H groups in total. The van der Waals surface area contributed by atoms with Crippen molar-refractivity contribution in [1.82, 2.24) is 4.98 Å². The van der Waals surface area contributed by atoms with Crippen LogP contribution in [0, 0.1) is 6.92 Å². The molecule has 0 aliphatic rings. The van der Waals surface area contributed by atoms with Crippen LogP contribution in [0.25, 0.3) is 0 Å². The van der Waals surface area contributed by atoms with Gasteiger partial charge >= 0.3 is 5.97 Å². The molecule has 2 rings (SSSR count). The van der Waals surface area contributed by atoms with Gasteiger partial charge in [0.2, 0.25) is 0 Å². The lowest BCUT2D eigenvalue weighted by molar-refractivity contribution is -0.135. The molecule has 0 bridgehead atoms. The van der Waals surface area contributed by atoms with Crippen molar-refractivity contribution >= 4 is 28.9 Å². The number of aromatic nitrogens is 1. The van der Waals surface area contributed by atoms with Gasteiger partial charge in [-0.2, -0.15) is 0 Å². The van der Waals surface area contributed by atoms with Crippen LogP contribution in [-0.2, 0) is 10.2 Å². The number of carboxylic acid groups (broad SMARTS) is 1. The third kappa shape index (κ3) is 3.96. The number of rotatable bonds is 4. The largest absolute Gasteiger partial charge is 0.480 e. The molecule has 1 aromatic heterocycles. The van der Waals surface area contributed by atoms with E-state index in [4.69, 9.17) is 5.11 Å². The molecule has 0 atom stereocenters. The number of carbonyl (C=O) groups is 2. The van der Waals surface area contributed by atoms with Crippen LogP contribution in [0.1, 0.15) is 41.1 Å². The van der Waals surface area contributed by atoms with Gasteiger partial charge in [0, 0.05) is 11.1 Å². The smallest absolute Gasteiger partial charge is 0.323 e. The van der Waals surface area contributed by atoms with E-state index >= 15 is 0 Å². The van der Waals surface area contributed by atoms with E-state index in [2.05, 4.69) is 4.98 Å². The Hall–Kier alpha value is -2.21. The second-order valence-electron chi connectivity index (χ2n) is 6.30. The van der Waals surface area contributed by atoms with Gasteiger partial charge in [-0.25, -0.2) is 4.98 Å². The lowest BCUT2D eigenvalue weighted by Gasteiger charge is -2.20. The highest BCUT2D eigenvalue weighted by molar-refractivity contribution is 7.14. The first-order valence-corrected chi connectivity index (χ1v) is 8.08. The molecule has 1 amide bonds. The third-order valence-electron chi connectivity index (χ3n) is 3.24. The van der Waals surface area contributed by atoms with Crippen LogP contribution in [-0.4, -0.2) is 28.5 Å². The zero-order chi connectivity index (χ0) is 17.2. The number of aliphatic carboxylic acids is 1. The molecule has 5 nitrogen and oxygen atoms in total. The van der Waals surface area contributed by atoms with Crippen molar-refractivity contribution in [3.8, 4) is 0 Å². The molecule has 1 aromatic carbocycles. The second-order valence-corrected chi connectivity index (χ2v) is 7.30. The molecule has 0 saturated carbocycles. The Kier molecular flexibility index (Phi) is 4.85. The molecule has 0 spiro atoms. The van der Waals surface area contributed by atoms with Crippen molar-refractivity contribution < 1.29 is 14.7 Å². The van der Waals surface area contributed by atoms with Crippen LogP contribution in [0.5, 0.6) is 0 Å². The molecule has 6 heteroatoms. The molecule has 0 radical (unpaired) electrons. The minimum atomic E-state index is -1.06. The number of thiazole rings is 1. The third-order valence-corrected chi connectivity index (χ3v) is 4.81. The summed E-state index contributed by atoms with van der Waals surface area (Å²) in [4.78, 5) is 30.3. The van der Waals surface area contributed by atoms with E-state index in [1.54, 1.807) is 31.2 Å². The number of carbonyl (C=O) groups excluding carboxylic acids is 1. The molecule has 1 heterocycles. The monoisotopic (exact) mass is 332 g/mol. The van der Waals surface area contributed by atoms with Gasteiger partial charge in [0.25, 0.3) is 5.91 Å². The van der Waals surface area contributed by atoms with Gasteiger partial charge in [-0.05, 0) is 19.1 Å². The van der Waals surface area contributed by atoms with E-state index in [0.29, 0.717) is 16.3 Å². The normalized spacial score (nSPS) is 11.3. The summed E-state index contributed by atoms with van der Waals surface area (Å²) in [5.41, 5.74) is 1.04. The van der Waals surface area contributed by atoms with E-state index < -0.39 is 5.97 Å². The van der Waals surface area contributed by atoms with E-state index in [1.165, 1.54) is 16.2 Å². The van der Waals surface area contributed by atoms with Gasteiger partial charge in [-0.1, -0.05) is 39.0 Å². The summed E-state index contributed by atoms with van der Waals surface area (Å²) in [5, 5.41) is 10.0. The summed E-state index contributed by atoms with van der Waals surface area (Å²) in [6, 6.07) is 8.82. The maximum atomic E-state index is 12.9. The Morgan fingerprint density at radius 3 is 2.30 bits per heavy atom. The number of benzene rings is 1. The first kappa shape index (κ1) is 17.1. The SMILES string of the molecule is Cc1nc(C(C)(C)C)sc1C(=O)N(CC(=O)O)c1ccccc1. The Labute approximate surface area is 139 Å². The fourth-order valence-electron chi connectivity index (χ4n) is 2.06. The van der Waals surface area contributed by atoms with Crippen molar-refractivity contribution in [3.63, 3.8) is 0 Å². The van der Waals surface area contributed by atoms with Crippen LogP contribution in [0.2, 0.25) is 0 Å². The van der Waals surface area contributed by atoms with Gasteiger partial charge < -0.3 is 5.11 Å². The van der Waals surface area contributed by atoms with Crippen molar-refractivity contribution in [2.45, 2.75) is 33.1 Å². The summed E-state index contributed by atoms with van der Waals surface area (Å²) in [7, 11) is 0. The van der Waals surface area contributed by atoms with Gasteiger partial charge in [-0.15, -0.1) is 11.3 Å². The molecule has 122 valence electrons. The molecule has 2 aromatic rings. The number of para-hydroxylation sites is 1. The van der Waals surface area contributed by atoms with Crippen LogP contribution in [0.15, 0.2) is 30.3 Å². The number of amides is 1. The number of nitrogens with zero attached hydrogens (tertiary/aromatic N) is 2. The van der Waals surface area contributed by atoms with Crippen molar-refractivity contribution in [2.24, 2.45) is 0 Å². The zero-order valence-electron chi connectivity index (χ0n) is 13.7. The molecule has 0 fully saturated rings. The summed E-state index contributed by atoms with van der Waals surface area (Å²) in [6.45, 7) is 7.50. The van der Waals surface area contributed by atoms with Crippen LogP contribution in [0.3, 0.4) is 0 Å². The number of hydrogen-bond acceptors (Lipinski definition) is 4. The minimum Gasteiger partial charge on any atom is -0.480 e. The first-order chi connectivity index (χ1) is 10.7. The molecule has 0 unspecified atom stereocenters. The van der Waals surface area contributed by atoms with Gasteiger partial charge in [0.05, 0.1) is 10.7 Å². The van der Waals surface area contributed by atoms with Crippen molar-refractivity contribution in [2.75, 3.05) is 11.4 Å². The quantitative estimate of drug-likeness (QED) is 0.930. The van der Waals surface area contributed by atoms with E-state index in [9.17, 15) is 9.59 Å². The summed E-state index contributed by atoms with van der Waals surface area (Å²) >= 11 is 1.33. The Balaban J connectivity index is 2.42. The topological polar surface area (TPSA) is 70.5 Å². The highest BCUT2D eigenvalue weighted by Crippen LogP contribution is 2.30. The van der Waals surface area contributed by atoms with E-state index in [0.717, 1.165) is 5.01 Å². The minimum absolute atomic E-state index is 0.154. The fourth-order valence-corrected chi connectivity index (χ4v) is 3.13. The maximum Gasteiger partial charge on any atom is 0.323 e. The molecule has 0 aliphatic carbocycles. The van der Waals surface area contributed by atoms with Crippen LogP contribution >= 0.6 is 11.3 Å². The highest BCUT2D eigenvalue weighted by Gasteiger charge is 2.27. The van der Waals surface area contributed by atoms with Gasteiger partial charge in [-0.3, -0.25) is 14.5 Å². The Morgan fingerprint density at radius 1 is 1.22 bits per heavy atom. The second kappa shape index (κ2) is 6.50. The highest BCUT2D eigenvalue weighted by atomic mass is 32.1. The van der Waals surface area contributed by atoms with Crippen LogP contribution in [0.4, 0.5) is 5.69 Å². The summed E-state index contributed by atoms with van der Waals surface area (Å²) in [5.74, 6) is -1.38.